The molecule has 2 saturated heterocycles. The number of carbonyl (C=O) groups excluding carboxylic acids is 2. The second-order valence-corrected chi connectivity index (χ2v) is 9.97. The number of nitrogens with one attached hydrogen (secondary N) is 1. The molecule has 2 heterocycles. The highest BCUT2D eigenvalue weighted by Crippen LogP contribution is 2.33. The van der Waals surface area contributed by atoms with Crippen LogP contribution >= 0.6 is 0 Å². The molecular weight excluding hydrogens is 392 g/mol. The van der Waals surface area contributed by atoms with Gasteiger partial charge in [0.1, 0.15) is 0 Å². The highest BCUT2D eigenvalue weighted by molar-refractivity contribution is 7.89. The first kappa shape index (κ1) is 20.3. The normalized spacial score (nSPS) is 24.1. The third-order valence-electron chi connectivity index (χ3n) is 6.05. The van der Waals surface area contributed by atoms with Crippen LogP contribution in [0.25, 0.3) is 0 Å². The molecule has 1 aromatic rings. The molecule has 0 radical (unpaired) electrons. The largest absolute Gasteiger partial charge is 0.339 e. The number of rotatable bonds is 6. The summed E-state index contributed by atoms with van der Waals surface area (Å²) in [6.07, 6.45) is 2.31. The van der Waals surface area contributed by atoms with Crippen LogP contribution in [0.3, 0.4) is 0 Å². The molecule has 1 N–H and O–H groups in total. The summed E-state index contributed by atoms with van der Waals surface area (Å²) in [6.45, 7) is 5.92. The zero-order valence-electron chi connectivity index (χ0n) is 16.7. The van der Waals surface area contributed by atoms with Gasteiger partial charge in [0.25, 0.3) is 0 Å². The summed E-state index contributed by atoms with van der Waals surface area (Å²) in [4.78, 5) is 28.8. The van der Waals surface area contributed by atoms with E-state index in [4.69, 9.17) is 0 Å². The van der Waals surface area contributed by atoms with Gasteiger partial charge in [-0.25, -0.2) is 8.42 Å². The Labute approximate surface area is 171 Å². The van der Waals surface area contributed by atoms with E-state index in [1.807, 2.05) is 4.90 Å². The molecule has 2 aliphatic heterocycles. The van der Waals surface area contributed by atoms with E-state index in [0.29, 0.717) is 31.4 Å². The molecule has 8 nitrogen and oxygen atoms in total. The molecule has 0 bridgehead atoms. The van der Waals surface area contributed by atoms with E-state index >= 15 is 0 Å². The van der Waals surface area contributed by atoms with Crippen LogP contribution < -0.4 is 5.32 Å². The molecule has 9 heteroatoms. The predicted molar refractivity (Wildman–Crippen MR) is 109 cm³/mol. The average molecular weight is 421 g/mol. The second-order valence-electron chi connectivity index (χ2n) is 8.03. The molecule has 0 aromatic heterocycles. The van der Waals surface area contributed by atoms with Gasteiger partial charge in [0, 0.05) is 50.9 Å². The number of carbonyl (C=O) groups is 2. The highest BCUT2D eigenvalue weighted by Gasteiger charge is 2.41. The highest BCUT2D eigenvalue weighted by atomic mass is 32.2. The number of nitrogens with zero attached hydrogens (tertiary/aromatic N) is 3. The summed E-state index contributed by atoms with van der Waals surface area (Å²) < 4.78 is 27.2. The number of hydrogen-bond donors (Lipinski definition) is 1. The van der Waals surface area contributed by atoms with Crippen molar-refractivity contribution in [3.63, 3.8) is 0 Å². The minimum atomic E-state index is -3.53. The van der Waals surface area contributed by atoms with Crippen LogP contribution in [0.4, 0.5) is 5.69 Å². The zero-order valence-corrected chi connectivity index (χ0v) is 17.5. The van der Waals surface area contributed by atoms with Crippen LogP contribution in [0.5, 0.6) is 0 Å². The van der Waals surface area contributed by atoms with Crippen LogP contribution in [0.15, 0.2) is 29.2 Å². The fourth-order valence-corrected chi connectivity index (χ4v) is 5.46. The van der Waals surface area contributed by atoms with Crippen LogP contribution in [-0.4, -0.2) is 79.6 Å². The summed E-state index contributed by atoms with van der Waals surface area (Å²) in [5.74, 6) is -0.480. The number of hydrogen-bond acceptors (Lipinski definition) is 5. The molecule has 3 aliphatic rings. The molecule has 0 spiro atoms. The standard InChI is InChI=1S/C20H28N4O4S/c1-2-22-9-11-23(12-10-22)29(27,28)18-7-3-16(4-8-18)21-20(26)15-13-19(25)24(14-15)17-5-6-17/h3-4,7-8,15,17H,2,5-6,9-14H2,1H3,(H,21,26). The van der Waals surface area contributed by atoms with E-state index in [9.17, 15) is 18.0 Å². The molecule has 158 valence electrons. The summed E-state index contributed by atoms with van der Waals surface area (Å²) in [5.41, 5.74) is 0.544. The molecule has 3 fully saturated rings. The molecule has 2 amide bonds. The number of amides is 2. The zero-order chi connectivity index (χ0) is 20.6. The van der Waals surface area contributed by atoms with Crippen molar-refractivity contribution in [1.82, 2.24) is 14.1 Å². The third kappa shape index (κ3) is 4.31. The van der Waals surface area contributed by atoms with Crippen molar-refractivity contribution in [3.8, 4) is 0 Å². The van der Waals surface area contributed by atoms with Gasteiger partial charge in [-0.05, 0) is 43.7 Å². The van der Waals surface area contributed by atoms with Gasteiger partial charge in [-0.1, -0.05) is 6.92 Å². The summed E-state index contributed by atoms with van der Waals surface area (Å²) in [6, 6.07) is 6.62. The van der Waals surface area contributed by atoms with Crippen molar-refractivity contribution < 1.29 is 18.0 Å². The van der Waals surface area contributed by atoms with Crippen molar-refractivity contribution in [3.05, 3.63) is 24.3 Å². The van der Waals surface area contributed by atoms with Crippen molar-refractivity contribution in [1.29, 1.82) is 0 Å². The van der Waals surface area contributed by atoms with Crippen LogP contribution in [0.1, 0.15) is 26.2 Å². The first-order valence-electron chi connectivity index (χ1n) is 10.3. The predicted octanol–water partition coefficient (Wildman–Crippen LogP) is 0.962. The van der Waals surface area contributed by atoms with E-state index in [0.717, 1.165) is 32.5 Å². The molecule has 1 saturated carbocycles. The molecule has 4 rings (SSSR count). The monoisotopic (exact) mass is 420 g/mol. The Hall–Kier alpha value is -1.97. The van der Waals surface area contributed by atoms with Crippen molar-refractivity contribution in [2.45, 2.75) is 37.1 Å². The molecule has 1 aliphatic carbocycles. The molecule has 1 unspecified atom stereocenters. The molecule has 1 atom stereocenters. The summed E-state index contributed by atoms with van der Waals surface area (Å²) >= 11 is 0. The fraction of sp³-hybridized carbons (Fsp3) is 0.600. The molecule has 29 heavy (non-hydrogen) atoms. The number of likely N-dealkylation sites (N-methyl/N-ethyl adjacent to an activating group) is 1. The van der Waals surface area contributed by atoms with Crippen molar-refractivity contribution in [2.75, 3.05) is 44.6 Å². The van der Waals surface area contributed by atoms with Crippen LogP contribution in [0, 0.1) is 5.92 Å². The van der Waals surface area contributed by atoms with E-state index in [-0.39, 0.29) is 29.0 Å². The Morgan fingerprint density at radius 1 is 1.10 bits per heavy atom. The minimum Gasteiger partial charge on any atom is -0.339 e. The van der Waals surface area contributed by atoms with Crippen molar-refractivity contribution in [2.24, 2.45) is 5.92 Å². The number of likely N-dealkylation sites (tertiary alicyclic amines) is 1. The van der Waals surface area contributed by atoms with Gasteiger partial charge in [-0.15, -0.1) is 0 Å². The van der Waals surface area contributed by atoms with Crippen LogP contribution in [0.2, 0.25) is 0 Å². The number of benzene rings is 1. The summed E-state index contributed by atoms with van der Waals surface area (Å²) in [7, 11) is -3.53. The number of piperazine rings is 1. The Bertz CT molecular complexity index is 874. The maximum atomic E-state index is 12.8. The molecular formula is C20H28N4O4S. The lowest BCUT2D eigenvalue weighted by molar-refractivity contribution is -0.128. The van der Waals surface area contributed by atoms with E-state index in [2.05, 4.69) is 17.1 Å². The van der Waals surface area contributed by atoms with Gasteiger partial charge < -0.3 is 15.1 Å². The first-order chi connectivity index (χ1) is 13.9. The lowest BCUT2D eigenvalue weighted by atomic mass is 10.1. The number of anilines is 1. The SMILES string of the molecule is CCN1CCN(S(=O)(=O)c2ccc(NC(=O)C3CC(=O)N(C4CC4)C3)cc2)CC1. The Morgan fingerprint density at radius 2 is 1.76 bits per heavy atom. The fourth-order valence-electron chi connectivity index (χ4n) is 4.04. The second kappa shape index (κ2) is 8.04. The van der Waals surface area contributed by atoms with Gasteiger partial charge in [-0.2, -0.15) is 4.31 Å². The van der Waals surface area contributed by atoms with E-state index < -0.39 is 10.0 Å². The smallest absolute Gasteiger partial charge is 0.243 e. The molecule has 1 aromatic carbocycles. The topological polar surface area (TPSA) is 90.0 Å². The lowest BCUT2D eigenvalue weighted by Gasteiger charge is -2.33. The van der Waals surface area contributed by atoms with Gasteiger partial charge in [-0.3, -0.25) is 9.59 Å². The lowest BCUT2D eigenvalue weighted by Crippen LogP contribution is -2.48. The van der Waals surface area contributed by atoms with E-state index in [1.165, 1.54) is 16.4 Å². The van der Waals surface area contributed by atoms with Gasteiger partial charge in [0.15, 0.2) is 0 Å². The van der Waals surface area contributed by atoms with Gasteiger partial charge in [0.2, 0.25) is 21.8 Å². The van der Waals surface area contributed by atoms with E-state index in [1.54, 1.807) is 12.1 Å². The van der Waals surface area contributed by atoms with Crippen molar-refractivity contribution >= 4 is 27.5 Å². The van der Waals surface area contributed by atoms with Crippen LogP contribution in [-0.2, 0) is 19.6 Å². The average Bonchev–Trinajstić information content (AvgIpc) is 3.49. The quantitative estimate of drug-likeness (QED) is 0.741. The summed E-state index contributed by atoms with van der Waals surface area (Å²) in [5, 5.41) is 2.82. The minimum absolute atomic E-state index is 0.0530. The maximum absolute atomic E-state index is 12.8. The number of sulfonamides is 1. The Kier molecular flexibility index (Phi) is 5.63. The maximum Gasteiger partial charge on any atom is 0.243 e. The Morgan fingerprint density at radius 3 is 2.34 bits per heavy atom. The third-order valence-corrected chi connectivity index (χ3v) is 7.97. The Balaban J connectivity index is 1.36. The van der Waals surface area contributed by atoms with Gasteiger partial charge in [0.05, 0.1) is 10.8 Å². The first-order valence-corrected chi connectivity index (χ1v) is 11.8. The van der Waals surface area contributed by atoms with Gasteiger partial charge >= 0.3 is 0 Å².